The smallest absolute Gasteiger partial charge is 0.238 e. The second kappa shape index (κ2) is 4.90. The molecule has 0 unspecified atom stereocenters. The van der Waals surface area contributed by atoms with Gasteiger partial charge in [0, 0.05) is 0 Å². The van der Waals surface area contributed by atoms with Gasteiger partial charge in [-0.25, -0.2) is 0 Å². The second-order valence-electron chi connectivity index (χ2n) is 1.28. The first-order valence-corrected chi connectivity index (χ1v) is 6.51. The van der Waals surface area contributed by atoms with Gasteiger partial charge in [0.1, 0.15) is 0 Å². The Labute approximate surface area is 55.0 Å². The van der Waals surface area contributed by atoms with Crippen LogP contribution in [0.5, 0.6) is 0 Å². The van der Waals surface area contributed by atoms with Crippen molar-refractivity contribution in [3.63, 3.8) is 0 Å². The van der Waals surface area contributed by atoms with Gasteiger partial charge in [-0.3, -0.25) is 0 Å². The van der Waals surface area contributed by atoms with Gasteiger partial charge in [-0.15, -0.1) is 0 Å². The van der Waals surface area contributed by atoms with Crippen LogP contribution >= 0.6 is 22.2 Å². The first-order chi connectivity index (χ1) is 3.27. The fourth-order valence-corrected chi connectivity index (χ4v) is 1.41. The van der Waals surface area contributed by atoms with E-state index in [0.29, 0.717) is 0 Å². The van der Waals surface area contributed by atoms with Crippen molar-refractivity contribution in [2.45, 2.75) is 6.04 Å². The summed E-state index contributed by atoms with van der Waals surface area (Å²) < 4.78 is 0. The zero-order valence-electron chi connectivity index (χ0n) is 4.25. The Hall–Kier alpha value is 0.757. The van der Waals surface area contributed by atoms with Crippen LogP contribution < -0.4 is 5.32 Å². The molecule has 0 saturated carbocycles. The Morgan fingerprint density at radius 1 is 1.57 bits per heavy atom. The molecule has 0 spiro atoms. The molecule has 0 aliphatic rings. The highest BCUT2D eigenvalue weighted by molar-refractivity contribution is 7.33. The monoisotopic (exact) mass is 157 g/mol. The molecule has 0 heterocycles. The summed E-state index contributed by atoms with van der Waals surface area (Å²) in [7, 11) is 0.587. The molecule has 4 heteroatoms. The van der Waals surface area contributed by atoms with E-state index in [2.05, 4.69) is 5.32 Å². The maximum Gasteiger partial charge on any atom is 0.238 e. The number of hydrogen-bond donors (Lipinski definition) is 1. The van der Waals surface area contributed by atoms with Crippen molar-refractivity contribution in [2.24, 2.45) is 0 Å². The lowest BCUT2D eigenvalue weighted by Gasteiger charge is -1.94. The van der Waals surface area contributed by atoms with Crippen molar-refractivity contribution in [3.8, 4) is 0 Å². The number of halogens is 2. The highest BCUT2D eigenvalue weighted by atomic mass is 35.7. The second-order valence-corrected chi connectivity index (χ2v) is 6.47. The molecule has 0 fully saturated rings. The summed E-state index contributed by atoms with van der Waals surface area (Å²) in [6.45, 7) is 0.948. The molecule has 44 valence electrons. The molecule has 0 saturated heterocycles. The summed E-state index contributed by atoms with van der Waals surface area (Å²) in [6, 6.07) is 0.958. The molecule has 0 aromatic carbocycles. The van der Waals surface area contributed by atoms with Crippen molar-refractivity contribution in [3.05, 3.63) is 0 Å². The summed E-state index contributed by atoms with van der Waals surface area (Å²) in [5.41, 5.74) is 0. The van der Waals surface area contributed by atoms with Crippen molar-refractivity contribution in [1.29, 1.82) is 0 Å². The average molecular weight is 158 g/mol. The highest BCUT2D eigenvalue weighted by Crippen LogP contribution is 1.99. The van der Waals surface area contributed by atoms with Crippen LogP contribution in [-0.4, -0.2) is 21.0 Å². The minimum atomic E-state index is -1.31. The third kappa shape index (κ3) is 6.76. The SMILES string of the molecule is CNCC[SiH](Cl)Cl. The molecule has 0 aromatic heterocycles. The molecule has 0 aromatic rings. The lowest BCUT2D eigenvalue weighted by atomic mass is 10.8. The number of rotatable bonds is 3. The predicted octanol–water partition coefficient (Wildman–Crippen LogP) is 0.904. The molecule has 0 bridgehead atoms. The van der Waals surface area contributed by atoms with Crippen LogP contribution in [0.1, 0.15) is 0 Å². The van der Waals surface area contributed by atoms with Gasteiger partial charge in [0.2, 0.25) is 7.42 Å². The van der Waals surface area contributed by atoms with Gasteiger partial charge < -0.3 is 5.32 Å². The molecule has 7 heavy (non-hydrogen) atoms. The van der Waals surface area contributed by atoms with E-state index in [9.17, 15) is 0 Å². The van der Waals surface area contributed by atoms with Crippen molar-refractivity contribution >= 4 is 29.6 Å². The minimum Gasteiger partial charge on any atom is -0.320 e. The first kappa shape index (κ1) is 7.76. The predicted molar refractivity (Wildman–Crippen MR) is 37.6 cm³/mol. The van der Waals surface area contributed by atoms with E-state index in [1.54, 1.807) is 0 Å². The Morgan fingerprint density at radius 3 is 2.29 bits per heavy atom. The third-order valence-corrected chi connectivity index (χ3v) is 2.65. The maximum absolute atomic E-state index is 5.52. The molecule has 0 aliphatic carbocycles. The molecular formula is C3H9Cl2NSi. The normalized spacial score (nSPS) is 10.3. The standard InChI is InChI=1S/C3H9Cl2NSi/c1-6-2-3-7(4)5/h6-7H,2-3H2,1H3. The summed E-state index contributed by atoms with van der Waals surface area (Å²) in [5, 5.41) is 2.96. The zero-order chi connectivity index (χ0) is 5.70. The van der Waals surface area contributed by atoms with Gasteiger partial charge in [0.05, 0.1) is 0 Å². The van der Waals surface area contributed by atoms with E-state index < -0.39 is 7.42 Å². The summed E-state index contributed by atoms with van der Waals surface area (Å²) in [4.78, 5) is 0. The van der Waals surface area contributed by atoms with E-state index in [1.807, 2.05) is 7.05 Å². The molecular weight excluding hydrogens is 149 g/mol. The Kier molecular flexibility index (Phi) is 5.44. The third-order valence-electron chi connectivity index (χ3n) is 0.613. The van der Waals surface area contributed by atoms with Gasteiger partial charge in [-0.1, -0.05) is 0 Å². The van der Waals surface area contributed by atoms with Gasteiger partial charge in [0.15, 0.2) is 0 Å². The van der Waals surface area contributed by atoms with Crippen LogP contribution in [-0.2, 0) is 0 Å². The fourth-order valence-electron chi connectivity index (χ4n) is 0.253. The lowest BCUT2D eigenvalue weighted by Crippen LogP contribution is -2.10. The van der Waals surface area contributed by atoms with E-state index >= 15 is 0 Å². The van der Waals surface area contributed by atoms with E-state index in [4.69, 9.17) is 22.2 Å². The van der Waals surface area contributed by atoms with Crippen LogP contribution in [0, 0.1) is 0 Å². The van der Waals surface area contributed by atoms with Gasteiger partial charge in [-0.2, -0.15) is 22.2 Å². The average Bonchev–Trinajstić information content (AvgIpc) is 1.61. The summed E-state index contributed by atoms with van der Waals surface area (Å²) in [5.74, 6) is 0. The summed E-state index contributed by atoms with van der Waals surface area (Å²) in [6.07, 6.45) is 0. The van der Waals surface area contributed by atoms with Crippen LogP contribution in [0.15, 0.2) is 0 Å². The largest absolute Gasteiger partial charge is 0.320 e. The Balaban J connectivity index is 2.68. The number of nitrogens with one attached hydrogen (secondary N) is 1. The van der Waals surface area contributed by atoms with Gasteiger partial charge >= 0.3 is 0 Å². The molecule has 0 radical (unpaired) electrons. The van der Waals surface area contributed by atoms with Crippen molar-refractivity contribution in [2.75, 3.05) is 13.6 Å². The highest BCUT2D eigenvalue weighted by Gasteiger charge is 1.97. The van der Waals surface area contributed by atoms with Crippen molar-refractivity contribution in [1.82, 2.24) is 5.32 Å². The van der Waals surface area contributed by atoms with Crippen LogP contribution in [0.4, 0.5) is 0 Å². The van der Waals surface area contributed by atoms with Crippen LogP contribution in [0.2, 0.25) is 6.04 Å². The first-order valence-electron chi connectivity index (χ1n) is 2.20. The van der Waals surface area contributed by atoms with E-state index in [0.717, 1.165) is 12.6 Å². The number of hydrogen-bond acceptors (Lipinski definition) is 1. The molecule has 0 aliphatic heterocycles. The quantitative estimate of drug-likeness (QED) is 0.475. The zero-order valence-corrected chi connectivity index (χ0v) is 6.91. The minimum absolute atomic E-state index is 0.948. The molecule has 0 rings (SSSR count). The molecule has 1 nitrogen and oxygen atoms in total. The van der Waals surface area contributed by atoms with Gasteiger partial charge in [0.25, 0.3) is 0 Å². The summed E-state index contributed by atoms with van der Waals surface area (Å²) >= 11 is 11.0. The fraction of sp³-hybridized carbons (Fsp3) is 1.00. The van der Waals surface area contributed by atoms with E-state index in [1.165, 1.54) is 0 Å². The van der Waals surface area contributed by atoms with E-state index in [-0.39, 0.29) is 0 Å². The molecule has 1 N–H and O–H groups in total. The Morgan fingerprint density at radius 2 is 2.14 bits per heavy atom. The topological polar surface area (TPSA) is 12.0 Å². The maximum atomic E-state index is 5.52. The lowest BCUT2D eigenvalue weighted by molar-refractivity contribution is 0.860. The molecule has 0 atom stereocenters. The van der Waals surface area contributed by atoms with Crippen LogP contribution in [0.3, 0.4) is 0 Å². The van der Waals surface area contributed by atoms with Gasteiger partial charge in [-0.05, 0) is 19.6 Å². The van der Waals surface area contributed by atoms with Crippen molar-refractivity contribution < 1.29 is 0 Å². The Bertz CT molecular complexity index is 41.9. The molecule has 0 amide bonds. The van der Waals surface area contributed by atoms with Crippen LogP contribution in [0.25, 0.3) is 0 Å².